The molecule has 7 aliphatic rings. The number of Topliss-reactive ketones (excluding diaryl/α,β-unsaturated/α-hetero) is 2. The summed E-state index contributed by atoms with van der Waals surface area (Å²) in [5, 5.41) is 23.2. The van der Waals surface area contributed by atoms with E-state index >= 15 is 0 Å². The molecular weight excluding hydrogens is 412 g/mol. The summed E-state index contributed by atoms with van der Waals surface area (Å²) in [7, 11) is 0. The first-order chi connectivity index (χ1) is 12.6. The molecule has 11 unspecified atom stereocenters. The number of fused-ring (bicyclic) bond motifs is 1. The predicted octanol–water partition coefficient (Wildman–Crippen LogP) is 1.92. The van der Waals surface area contributed by atoms with Crippen LogP contribution in [0, 0.1) is 51.8 Å². The summed E-state index contributed by atoms with van der Waals surface area (Å²) in [6.45, 7) is 6.39. The standard InChI is InChI=1S/C21H27BrO5/c1-8-9-4-5-11-19-7-27-21(26,20(11)13(9)12(8)16(20)24)17(25)14(19)18(2,3)6-10(22)15(19)23/h8-14,17,25-26H,4-7H2,1-3H3. The molecule has 0 aromatic carbocycles. The second-order valence-corrected chi connectivity index (χ2v) is 12.0. The quantitative estimate of drug-likeness (QED) is 0.564. The molecule has 0 aromatic heterocycles. The zero-order valence-corrected chi connectivity index (χ0v) is 17.5. The van der Waals surface area contributed by atoms with Crippen LogP contribution in [0.1, 0.15) is 40.0 Å². The van der Waals surface area contributed by atoms with Gasteiger partial charge in [-0.05, 0) is 48.3 Å². The Hall–Kier alpha value is -0.300. The summed E-state index contributed by atoms with van der Waals surface area (Å²) in [6.07, 6.45) is 1.18. The molecule has 5 nitrogen and oxygen atoms in total. The fraction of sp³-hybridized carbons (Fsp3) is 0.905. The molecule has 2 N–H and O–H groups in total. The van der Waals surface area contributed by atoms with Crippen molar-refractivity contribution in [2.24, 2.45) is 51.8 Å². The lowest BCUT2D eigenvalue weighted by Crippen LogP contribution is -2.93. The Morgan fingerprint density at radius 2 is 1.89 bits per heavy atom. The first-order valence-electron chi connectivity index (χ1n) is 10.3. The monoisotopic (exact) mass is 438 g/mol. The number of hydrogen-bond acceptors (Lipinski definition) is 5. The number of carbonyl (C=O) groups is 2. The Morgan fingerprint density at radius 1 is 1.19 bits per heavy atom. The minimum atomic E-state index is -1.85. The number of aliphatic hydroxyl groups excluding tert-OH is 1. The minimum Gasteiger partial charge on any atom is -0.387 e. The molecule has 2 saturated heterocycles. The molecule has 7 fully saturated rings. The van der Waals surface area contributed by atoms with Crippen LogP contribution in [-0.2, 0) is 14.3 Å². The van der Waals surface area contributed by atoms with E-state index in [-0.39, 0.29) is 52.1 Å². The molecule has 6 heteroatoms. The van der Waals surface area contributed by atoms with E-state index < -0.39 is 22.7 Å². The third kappa shape index (κ3) is 1.40. The van der Waals surface area contributed by atoms with E-state index in [0.29, 0.717) is 18.3 Å². The lowest BCUT2D eigenvalue weighted by atomic mass is 9.22. The summed E-state index contributed by atoms with van der Waals surface area (Å²) in [4.78, 5) is 26.8. The van der Waals surface area contributed by atoms with Crippen molar-refractivity contribution >= 4 is 27.5 Å². The lowest BCUT2D eigenvalue weighted by Gasteiger charge is -2.83. The van der Waals surface area contributed by atoms with Crippen LogP contribution in [0.4, 0.5) is 0 Å². The van der Waals surface area contributed by atoms with E-state index in [1.807, 2.05) is 0 Å². The highest BCUT2D eigenvalue weighted by Gasteiger charge is 2.92. The second kappa shape index (κ2) is 4.55. The first-order valence-corrected chi connectivity index (χ1v) is 11.3. The predicted molar refractivity (Wildman–Crippen MR) is 98.7 cm³/mol. The molecule has 5 aliphatic carbocycles. The SMILES string of the molecule is CC1C2CCC3C45COC(O)(C(O)C4C(C)(C)CC(Br)C5=O)C34C(=O)C1C24. The molecule has 5 saturated carbocycles. The first kappa shape index (κ1) is 17.5. The van der Waals surface area contributed by atoms with Crippen LogP contribution in [0.2, 0.25) is 0 Å². The van der Waals surface area contributed by atoms with Gasteiger partial charge in [-0.15, -0.1) is 0 Å². The van der Waals surface area contributed by atoms with Gasteiger partial charge in [0, 0.05) is 11.8 Å². The van der Waals surface area contributed by atoms with Gasteiger partial charge in [0.2, 0.25) is 5.79 Å². The van der Waals surface area contributed by atoms with Gasteiger partial charge in [0.05, 0.1) is 22.3 Å². The van der Waals surface area contributed by atoms with Crippen molar-refractivity contribution in [2.45, 2.75) is 56.8 Å². The molecule has 148 valence electrons. The van der Waals surface area contributed by atoms with Crippen molar-refractivity contribution in [1.29, 1.82) is 0 Å². The Balaban J connectivity index is 1.61. The van der Waals surface area contributed by atoms with Crippen molar-refractivity contribution in [3.8, 4) is 0 Å². The van der Waals surface area contributed by atoms with Gasteiger partial charge < -0.3 is 14.9 Å². The summed E-state index contributed by atoms with van der Waals surface area (Å²) >= 11 is 3.60. The van der Waals surface area contributed by atoms with Crippen molar-refractivity contribution in [1.82, 2.24) is 0 Å². The Bertz CT molecular complexity index is 795. The van der Waals surface area contributed by atoms with Crippen LogP contribution in [0.3, 0.4) is 0 Å². The normalized spacial score (nSPS) is 64.8. The summed E-state index contributed by atoms with van der Waals surface area (Å²) in [6, 6.07) is 0. The molecule has 2 bridgehead atoms. The second-order valence-electron chi connectivity index (χ2n) is 10.9. The van der Waals surface area contributed by atoms with Crippen LogP contribution in [-0.4, -0.2) is 45.1 Å². The number of aliphatic hydroxyl groups is 2. The number of rotatable bonds is 0. The Morgan fingerprint density at radius 3 is 2.59 bits per heavy atom. The summed E-state index contributed by atoms with van der Waals surface area (Å²) < 4.78 is 5.96. The number of alkyl halides is 1. The van der Waals surface area contributed by atoms with Gasteiger partial charge in [0.1, 0.15) is 11.9 Å². The smallest absolute Gasteiger partial charge is 0.205 e. The average Bonchev–Trinajstić information content (AvgIpc) is 2.58. The van der Waals surface area contributed by atoms with E-state index in [2.05, 4.69) is 36.7 Å². The number of carbonyl (C=O) groups excluding carboxylic acids is 2. The summed E-state index contributed by atoms with van der Waals surface area (Å²) in [5.41, 5.74) is -2.31. The third-order valence-corrected chi connectivity index (χ3v) is 10.7. The van der Waals surface area contributed by atoms with E-state index in [1.54, 1.807) is 0 Å². The number of hydrogen-bond donors (Lipinski definition) is 2. The fourth-order valence-corrected chi connectivity index (χ4v) is 10.5. The maximum absolute atomic E-state index is 13.6. The third-order valence-electron chi connectivity index (χ3n) is 9.97. The molecule has 0 radical (unpaired) electrons. The van der Waals surface area contributed by atoms with E-state index in [4.69, 9.17) is 4.74 Å². The van der Waals surface area contributed by atoms with Gasteiger partial charge in [0.25, 0.3) is 0 Å². The van der Waals surface area contributed by atoms with E-state index in [9.17, 15) is 19.8 Å². The van der Waals surface area contributed by atoms with Gasteiger partial charge in [-0.2, -0.15) is 0 Å². The number of ether oxygens (including phenoxy) is 1. The number of ketones is 2. The Labute approximate surface area is 167 Å². The summed E-state index contributed by atoms with van der Waals surface area (Å²) in [5.74, 6) is -1.58. The van der Waals surface area contributed by atoms with Crippen molar-refractivity contribution in [3.63, 3.8) is 0 Å². The van der Waals surface area contributed by atoms with Gasteiger partial charge >= 0.3 is 0 Å². The molecule has 0 aromatic rings. The van der Waals surface area contributed by atoms with Gasteiger partial charge in [-0.1, -0.05) is 36.7 Å². The van der Waals surface area contributed by atoms with E-state index in [1.165, 1.54) is 0 Å². The molecule has 2 spiro atoms. The molecule has 7 rings (SSSR count). The zero-order valence-electron chi connectivity index (χ0n) is 15.9. The molecule has 11 atom stereocenters. The fourth-order valence-electron chi connectivity index (χ4n) is 9.26. The number of halogens is 1. The van der Waals surface area contributed by atoms with Gasteiger partial charge in [-0.25, -0.2) is 0 Å². The highest BCUT2D eigenvalue weighted by molar-refractivity contribution is 9.10. The molecule has 2 aliphatic heterocycles. The maximum Gasteiger partial charge on any atom is 0.205 e. The van der Waals surface area contributed by atoms with Crippen molar-refractivity contribution in [2.75, 3.05) is 6.61 Å². The molecule has 2 heterocycles. The highest BCUT2D eigenvalue weighted by atomic mass is 79.9. The van der Waals surface area contributed by atoms with Crippen molar-refractivity contribution in [3.05, 3.63) is 0 Å². The average molecular weight is 439 g/mol. The van der Waals surface area contributed by atoms with E-state index in [0.717, 1.165) is 12.8 Å². The van der Waals surface area contributed by atoms with Gasteiger partial charge in [0.15, 0.2) is 5.78 Å². The molecular formula is C21H27BrO5. The minimum absolute atomic E-state index is 0.0294. The Kier molecular flexibility index (Phi) is 2.96. The van der Waals surface area contributed by atoms with Crippen LogP contribution in [0.5, 0.6) is 0 Å². The maximum atomic E-state index is 13.6. The van der Waals surface area contributed by atoms with Crippen LogP contribution >= 0.6 is 15.9 Å². The van der Waals surface area contributed by atoms with Crippen LogP contribution < -0.4 is 0 Å². The highest BCUT2D eigenvalue weighted by Crippen LogP contribution is 2.83. The topological polar surface area (TPSA) is 83.8 Å². The van der Waals surface area contributed by atoms with Gasteiger partial charge in [-0.3, -0.25) is 9.59 Å². The van der Waals surface area contributed by atoms with Crippen LogP contribution in [0.25, 0.3) is 0 Å². The molecule has 27 heavy (non-hydrogen) atoms. The van der Waals surface area contributed by atoms with Crippen molar-refractivity contribution < 1.29 is 24.5 Å². The lowest BCUT2D eigenvalue weighted by molar-refractivity contribution is -0.465. The zero-order chi connectivity index (χ0) is 19.3. The molecule has 0 amide bonds. The van der Waals surface area contributed by atoms with Crippen LogP contribution in [0.15, 0.2) is 0 Å². The largest absolute Gasteiger partial charge is 0.387 e.